The SMILES string of the molecule is CCOC(=O)C[C@@H](c1cnc(C)nc1)N1CC(CCCCc2ccc3c(n2)NCCC3)C1.CCOC(=O)C[C@@H](c1cnc(C)nc1)N1CC(CCCCc2ccc3cccnc3n2)C1.[Li+].[OH-]. The van der Waals surface area contributed by atoms with Crippen LogP contribution in [0.15, 0.2) is 67.4 Å². The Hall–Kier alpha value is -4.91. The van der Waals surface area contributed by atoms with Crippen LogP contribution in [0.3, 0.4) is 0 Å². The topological polar surface area (TPSA) is 191 Å². The number of carbonyl (C=O) groups excluding carboxylic acids is 2. The predicted octanol–water partition coefficient (Wildman–Crippen LogP) is 4.77. The van der Waals surface area contributed by atoms with Crippen molar-refractivity contribution in [3.8, 4) is 0 Å². The van der Waals surface area contributed by atoms with Gasteiger partial charge in [-0.25, -0.2) is 34.9 Å². The molecule has 0 spiro atoms. The first-order valence-electron chi connectivity index (χ1n) is 23.5. The molecule has 5 aromatic heterocycles. The summed E-state index contributed by atoms with van der Waals surface area (Å²) < 4.78 is 10.4. The molecule has 66 heavy (non-hydrogen) atoms. The summed E-state index contributed by atoms with van der Waals surface area (Å²) in [5, 5.41) is 4.51. The van der Waals surface area contributed by atoms with E-state index in [2.05, 4.69) is 69.3 Å². The van der Waals surface area contributed by atoms with Crippen molar-refractivity contribution in [3.05, 3.63) is 107 Å². The normalized spacial score (nSPS) is 15.8. The van der Waals surface area contributed by atoms with E-state index in [1.54, 1.807) is 6.20 Å². The molecule has 0 amide bonds. The standard InChI is InChI=1S/C25H35N5O2.C25H31N5O2.Li.H2O/c2*1-3-32-24(31)13-23(21-14-27-18(2)28-15-21)30-16-19(17-30)7-4-5-9-22-11-10-20-8-6-12-26-25(20)29-22;;/h10-11,14-15,19,23H,3-9,12-13,16-17H2,1-2H3,(H,26,29);6,8,10-12,14-15,19,23H,3-5,7,9,13,16-17H2,1-2H3;;1H2/q;;+1;/p-1/t2*23-;;/m00../s1. The number of unbranched alkanes of at least 4 members (excludes halogenated alkanes) is 2. The number of hydrogen-bond donors (Lipinski definition) is 1. The second-order valence-corrected chi connectivity index (χ2v) is 17.5. The number of fused-ring (bicyclic) bond motifs is 2. The number of nitrogens with one attached hydrogen (secondary N) is 1. The number of aromatic nitrogens is 7. The summed E-state index contributed by atoms with van der Waals surface area (Å²) in [6.45, 7) is 13.3. The molecule has 3 aliphatic heterocycles. The largest absolute Gasteiger partial charge is 1.00 e. The van der Waals surface area contributed by atoms with E-state index in [1.807, 2.05) is 64.6 Å². The van der Waals surface area contributed by atoms with Crippen LogP contribution >= 0.6 is 0 Å². The number of nitrogens with zero attached hydrogens (tertiary/aromatic N) is 9. The van der Waals surface area contributed by atoms with Crippen LogP contribution in [0.4, 0.5) is 5.82 Å². The zero-order valence-corrected chi connectivity index (χ0v) is 39.7. The minimum Gasteiger partial charge on any atom is -0.870 e. The predicted molar refractivity (Wildman–Crippen MR) is 249 cm³/mol. The van der Waals surface area contributed by atoms with Gasteiger partial charge in [0.2, 0.25) is 0 Å². The molecule has 3 aliphatic rings. The van der Waals surface area contributed by atoms with E-state index >= 15 is 0 Å². The average Bonchev–Trinajstić information content (AvgIpc) is 3.27. The molecule has 348 valence electrons. The Kier molecular flexibility index (Phi) is 20.9. The summed E-state index contributed by atoms with van der Waals surface area (Å²) in [5.74, 6) is 3.60. The number of ether oxygens (including phenoxy) is 2. The molecule has 0 saturated carbocycles. The number of aryl methyl sites for hydroxylation is 5. The number of esters is 2. The van der Waals surface area contributed by atoms with Crippen LogP contribution in [0.5, 0.6) is 0 Å². The minimum atomic E-state index is -0.168. The second-order valence-electron chi connectivity index (χ2n) is 17.5. The molecular formula is C50H67LiN10O5. The fraction of sp³-hybridized carbons (Fsp3) is 0.540. The van der Waals surface area contributed by atoms with Gasteiger partial charge in [-0.15, -0.1) is 0 Å². The van der Waals surface area contributed by atoms with Gasteiger partial charge in [0.1, 0.15) is 17.5 Å². The smallest absolute Gasteiger partial charge is 0.870 e. The minimum absolute atomic E-state index is 0. The molecule has 5 aromatic rings. The Morgan fingerprint density at radius 2 is 1.21 bits per heavy atom. The number of anilines is 1. The van der Waals surface area contributed by atoms with E-state index in [-0.39, 0.29) is 48.4 Å². The molecule has 8 rings (SSSR count). The summed E-state index contributed by atoms with van der Waals surface area (Å²) in [6, 6.07) is 12.6. The van der Waals surface area contributed by atoms with Crippen LogP contribution in [0, 0.1) is 25.7 Å². The van der Waals surface area contributed by atoms with Crippen molar-refractivity contribution in [2.24, 2.45) is 11.8 Å². The molecule has 0 unspecified atom stereocenters. The van der Waals surface area contributed by atoms with Gasteiger partial charge in [0.25, 0.3) is 0 Å². The van der Waals surface area contributed by atoms with Gasteiger partial charge >= 0.3 is 30.8 Å². The van der Waals surface area contributed by atoms with E-state index in [4.69, 9.17) is 14.5 Å². The summed E-state index contributed by atoms with van der Waals surface area (Å²) in [5.41, 5.74) is 6.47. The van der Waals surface area contributed by atoms with Crippen LogP contribution in [0.2, 0.25) is 0 Å². The van der Waals surface area contributed by atoms with E-state index in [1.165, 1.54) is 49.8 Å². The van der Waals surface area contributed by atoms with E-state index < -0.39 is 0 Å². The Morgan fingerprint density at radius 1 is 0.697 bits per heavy atom. The van der Waals surface area contributed by atoms with Crippen molar-refractivity contribution in [3.63, 3.8) is 0 Å². The van der Waals surface area contributed by atoms with Gasteiger partial charge in [0, 0.05) is 104 Å². The van der Waals surface area contributed by atoms with Crippen LogP contribution in [0.25, 0.3) is 11.0 Å². The van der Waals surface area contributed by atoms with Crippen molar-refractivity contribution < 1.29 is 43.4 Å². The van der Waals surface area contributed by atoms with E-state index in [0.29, 0.717) is 37.9 Å². The molecule has 16 heteroatoms. The van der Waals surface area contributed by atoms with Gasteiger partial charge in [0.05, 0.1) is 26.1 Å². The average molecular weight is 895 g/mol. The molecule has 2 atom stereocenters. The van der Waals surface area contributed by atoms with Crippen molar-refractivity contribution in [2.75, 3.05) is 51.3 Å². The van der Waals surface area contributed by atoms with Crippen molar-refractivity contribution in [1.82, 2.24) is 44.7 Å². The fourth-order valence-electron chi connectivity index (χ4n) is 9.03. The van der Waals surface area contributed by atoms with Gasteiger partial charge < -0.3 is 20.3 Å². The molecule has 0 radical (unpaired) electrons. The van der Waals surface area contributed by atoms with Crippen LogP contribution in [0.1, 0.15) is 123 Å². The monoisotopic (exact) mass is 895 g/mol. The summed E-state index contributed by atoms with van der Waals surface area (Å²) in [7, 11) is 0. The second kappa shape index (κ2) is 26.4. The maximum Gasteiger partial charge on any atom is 1.00 e. The fourth-order valence-corrected chi connectivity index (χ4v) is 9.03. The van der Waals surface area contributed by atoms with Crippen molar-refractivity contribution in [1.29, 1.82) is 0 Å². The zero-order chi connectivity index (χ0) is 44.7. The summed E-state index contributed by atoms with van der Waals surface area (Å²) >= 11 is 0. The van der Waals surface area contributed by atoms with Gasteiger partial charge in [-0.2, -0.15) is 0 Å². The van der Waals surface area contributed by atoms with Gasteiger partial charge in [-0.05, 0) is 127 Å². The first kappa shape index (κ1) is 52.1. The Balaban J connectivity index is 0.000000240. The Morgan fingerprint density at radius 3 is 1.74 bits per heavy atom. The molecule has 2 saturated heterocycles. The number of likely N-dealkylation sites (tertiary alicyclic amines) is 2. The summed E-state index contributed by atoms with van der Waals surface area (Å²) in [6.07, 6.45) is 21.3. The van der Waals surface area contributed by atoms with Gasteiger partial charge in [0.15, 0.2) is 5.65 Å². The molecule has 0 bridgehead atoms. The third-order valence-electron chi connectivity index (χ3n) is 12.6. The zero-order valence-electron chi connectivity index (χ0n) is 39.7. The first-order chi connectivity index (χ1) is 31.2. The van der Waals surface area contributed by atoms with Crippen LogP contribution in [-0.4, -0.2) is 108 Å². The van der Waals surface area contributed by atoms with Crippen LogP contribution in [-0.2, 0) is 38.3 Å². The molecule has 15 nitrogen and oxygen atoms in total. The molecule has 2 fully saturated rings. The molecular weight excluding hydrogens is 828 g/mol. The molecule has 2 N–H and O–H groups in total. The number of hydrogen-bond acceptors (Lipinski definition) is 15. The van der Waals surface area contributed by atoms with Crippen LogP contribution < -0.4 is 24.2 Å². The van der Waals surface area contributed by atoms with E-state index in [9.17, 15) is 9.59 Å². The Bertz CT molecular complexity index is 2260. The van der Waals surface area contributed by atoms with Gasteiger partial charge in [-0.3, -0.25) is 19.4 Å². The number of rotatable bonds is 20. The Labute approximate surface area is 402 Å². The third-order valence-corrected chi connectivity index (χ3v) is 12.6. The van der Waals surface area contributed by atoms with Crippen molar-refractivity contribution >= 4 is 28.8 Å². The molecule has 0 aliphatic carbocycles. The van der Waals surface area contributed by atoms with Crippen molar-refractivity contribution in [2.45, 2.75) is 117 Å². The molecule has 0 aromatic carbocycles. The number of carbonyl (C=O) groups is 2. The van der Waals surface area contributed by atoms with Gasteiger partial charge in [-0.1, -0.05) is 18.9 Å². The third kappa shape index (κ3) is 15.1. The maximum absolute atomic E-state index is 12.2. The maximum atomic E-state index is 12.2. The molecule has 8 heterocycles. The van der Waals surface area contributed by atoms with E-state index in [0.717, 1.165) is 104 Å². The summed E-state index contributed by atoms with van der Waals surface area (Å²) in [4.78, 5) is 60.1. The first-order valence-corrected chi connectivity index (χ1v) is 23.5. The quantitative estimate of drug-likeness (QED) is 0.0638. The number of pyridine rings is 3.